The van der Waals surface area contributed by atoms with Crippen LogP contribution >= 0.6 is 0 Å². The second-order valence-electron chi connectivity index (χ2n) is 7.29. The van der Waals surface area contributed by atoms with Gasteiger partial charge in [0, 0.05) is 0 Å². The number of hydrogen-bond acceptors (Lipinski definition) is 7. The van der Waals surface area contributed by atoms with Crippen molar-refractivity contribution in [2.75, 3.05) is 19.1 Å². The van der Waals surface area contributed by atoms with E-state index >= 15 is 0 Å². The van der Waals surface area contributed by atoms with Crippen molar-refractivity contribution in [1.29, 1.82) is 0 Å². The molecule has 1 amide bonds. The van der Waals surface area contributed by atoms with Gasteiger partial charge in [0.25, 0.3) is 11.7 Å². The lowest BCUT2D eigenvalue weighted by atomic mass is 9.94. The molecule has 1 atom stereocenters. The first-order valence-corrected chi connectivity index (χ1v) is 9.98. The monoisotopic (exact) mass is 447 g/mol. The van der Waals surface area contributed by atoms with E-state index in [9.17, 15) is 24.9 Å². The number of ketones is 1. The number of para-hydroxylation sites is 2. The predicted molar refractivity (Wildman–Crippen MR) is 121 cm³/mol. The molecular formula is C25H21NO7. The van der Waals surface area contributed by atoms with Crippen molar-refractivity contribution < 1.29 is 34.4 Å². The molecule has 0 aliphatic carbocycles. The van der Waals surface area contributed by atoms with Gasteiger partial charge in [0.2, 0.25) is 0 Å². The van der Waals surface area contributed by atoms with Crippen LogP contribution in [0.15, 0.2) is 72.3 Å². The van der Waals surface area contributed by atoms with E-state index in [0.29, 0.717) is 5.56 Å². The Morgan fingerprint density at radius 1 is 0.879 bits per heavy atom. The minimum absolute atomic E-state index is 0.0824. The van der Waals surface area contributed by atoms with Crippen LogP contribution < -0.4 is 14.4 Å². The molecule has 8 heteroatoms. The fourth-order valence-corrected chi connectivity index (χ4v) is 3.98. The highest BCUT2D eigenvalue weighted by Gasteiger charge is 2.48. The minimum Gasteiger partial charge on any atom is -0.508 e. The maximum atomic E-state index is 13.2. The second-order valence-corrected chi connectivity index (χ2v) is 7.29. The Bertz CT molecular complexity index is 1260. The Morgan fingerprint density at radius 2 is 1.52 bits per heavy atom. The fraction of sp³-hybridized carbons (Fsp3) is 0.120. The van der Waals surface area contributed by atoms with Crippen LogP contribution in [0.2, 0.25) is 0 Å². The topological polar surface area (TPSA) is 117 Å². The number of ether oxygens (including phenoxy) is 2. The van der Waals surface area contributed by atoms with Gasteiger partial charge in [0.05, 0.1) is 31.5 Å². The zero-order valence-corrected chi connectivity index (χ0v) is 17.9. The van der Waals surface area contributed by atoms with Crippen LogP contribution in [0.4, 0.5) is 5.69 Å². The molecule has 0 spiro atoms. The van der Waals surface area contributed by atoms with E-state index in [4.69, 9.17) is 9.47 Å². The lowest BCUT2D eigenvalue weighted by Gasteiger charge is -2.26. The number of anilines is 1. The van der Waals surface area contributed by atoms with Gasteiger partial charge in [-0.3, -0.25) is 14.5 Å². The summed E-state index contributed by atoms with van der Waals surface area (Å²) in [4.78, 5) is 27.5. The molecule has 1 heterocycles. The average Bonchev–Trinajstić information content (AvgIpc) is 3.08. The van der Waals surface area contributed by atoms with Gasteiger partial charge in [-0.2, -0.15) is 0 Å². The zero-order chi connectivity index (χ0) is 23.7. The molecule has 3 aromatic rings. The molecule has 1 aliphatic heterocycles. The molecule has 1 saturated heterocycles. The van der Waals surface area contributed by atoms with Gasteiger partial charge < -0.3 is 24.8 Å². The third-order valence-electron chi connectivity index (χ3n) is 5.44. The number of aliphatic hydroxyl groups is 1. The Balaban J connectivity index is 2.04. The Morgan fingerprint density at radius 3 is 2.12 bits per heavy atom. The quantitative estimate of drug-likeness (QED) is 0.310. The summed E-state index contributed by atoms with van der Waals surface area (Å²) in [6.45, 7) is 0. The van der Waals surface area contributed by atoms with Crippen LogP contribution in [0.5, 0.6) is 23.0 Å². The molecule has 3 N–H and O–H groups in total. The van der Waals surface area contributed by atoms with Gasteiger partial charge in [-0.15, -0.1) is 0 Å². The number of rotatable bonds is 5. The van der Waals surface area contributed by atoms with Crippen LogP contribution in [0.1, 0.15) is 17.2 Å². The van der Waals surface area contributed by atoms with Gasteiger partial charge in [-0.25, -0.2) is 0 Å². The number of nitrogens with zero attached hydrogens (tertiary/aromatic N) is 1. The standard InChI is InChI=1S/C25H21NO7/c1-32-18-11-6-12-19(33-2)20(18)23(29)21-22(14-7-5-8-15(27)13-14)26(25(31)24(21)30)16-9-3-4-10-17(16)28/h3-13,22,27-29H,1-2H3/b23-21+. The number of carbonyl (C=O) groups is 2. The molecule has 168 valence electrons. The van der Waals surface area contributed by atoms with Crippen molar-refractivity contribution in [3.05, 3.63) is 83.4 Å². The van der Waals surface area contributed by atoms with E-state index in [2.05, 4.69) is 0 Å². The molecule has 1 aliphatic rings. The lowest BCUT2D eigenvalue weighted by Crippen LogP contribution is -2.29. The van der Waals surface area contributed by atoms with E-state index in [1.54, 1.807) is 42.5 Å². The van der Waals surface area contributed by atoms with Crippen LogP contribution in [0, 0.1) is 0 Å². The van der Waals surface area contributed by atoms with E-state index in [1.165, 1.54) is 38.5 Å². The van der Waals surface area contributed by atoms with Crippen molar-refractivity contribution in [3.8, 4) is 23.0 Å². The van der Waals surface area contributed by atoms with Gasteiger partial charge in [0.1, 0.15) is 34.3 Å². The number of phenolic OH excluding ortho intramolecular Hbond substituents is 2. The van der Waals surface area contributed by atoms with Crippen LogP contribution in [-0.4, -0.2) is 41.2 Å². The molecule has 33 heavy (non-hydrogen) atoms. The van der Waals surface area contributed by atoms with Crippen LogP contribution in [0.25, 0.3) is 5.76 Å². The molecule has 0 radical (unpaired) electrons. The Kier molecular flexibility index (Phi) is 5.66. The highest BCUT2D eigenvalue weighted by atomic mass is 16.5. The summed E-state index contributed by atoms with van der Waals surface area (Å²) in [5, 5.41) is 31.9. The number of benzene rings is 3. The molecule has 1 unspecified atom stereocenters. The maximum Gasteiger partial charge on any atom is 0.300 e. The highest BCUT2D eigenvalue weighted by Crippen LogP contribution is 2.47. The molecule has 1 fully saturated rings. The van der Waals surface area contributed by atoms with Crippen molar-refractivity contribution >= 4 is 23.1 Å². The molecular weight excluding hydrogens is 426 g/mol. The third-order valence-corrected chi connectivity index (χ3v) is 5.44. The fourth-order valence-electron chi connectivity index (χ4n) is 3.98. The van der Waals surface area contributed by atoms with Gasteiger partial charge in [-0.05, 0) is 42.0 Å². The molecule has 3 aromatic carbocycles. The summed E-state index contributed by atoms with van der Waals surface area (Å²) in [5.74, 6) is -2.26. The van der Waals surface area contributed by atoms with Gasteiger partial charge in [-0.1, -0.05) is 30.3 Å². The van der Waals surface area contributed by atoms with E-state index in [0.717, 1.165) is 4.90 Å². The van der Waals surface area contributed by atoms with Gasteiger partial charge >= 0.3 is 0 Å². The minimum atomic E-state index is -1.14. The summed E-state index contributed by atoms with van der Waals surface area (Å²) in [5.41, 5.74) is 0.298. The number of aromatic hydroxyl groups is 2. The van der Waals surface area contributed by atoms with Crippen molar-refractivity contribution in [3.63, 3.8) is 0 Å². The van der Waals surface area contributed by atoms with Crippen LogP contribution in [-0.2, 0) is 9.59 Å². The SMILES string of the molecule is COc1cccc(OC)c1/C(O)=C1\C(=O)C(=O)N(c2ccccc2O)C1c1cccc(O)c1. The lowest BCUT2D eigenvalue weighted by molar-refractivity contribution is -0.132. The van der Waals surface area contributed by atoms with E-state index in [1.807, 2.05) is 0 Å². The number of carbonyl (C=O) groups excluding carboxylic acids is 2. The largest absolute Gasteiger partial charge is 0.508 e. The first-order chi connectivity index (χ1) is 15.9. The number of amides is 1. The summed E-state index contributed by atoms with van der Waals surface area (Å²) in [6.07, 6.45) is 0. The number of phenols is 2. The van der Waals surface area contributed by atoms with E-state index < -0.39 is 23.5 Å². The summed E-state index contributed by atoms with van der Waals surface area (Å²) in [7, 11) is 2.80. The Hall–Kier alpha value is -4.46. The van der Waals surface area contributed by atoms with Crippen molar-refractivity contribution in [2.24, 2.45) is 0 Å². The van der Waals surface area contributed by atoms with Crippen LogP contribution in [0.3, 0.4) is 0 Å². The second kappa shape index (κ2) is 8.58. The third kappa shape index (κ3) is 3.61. The smallest absolute Gasteiger partial charge is 0.300 e. The maximum absolute atomic E-state index is 13.2. The van der Waals surface area contributed by atoms with Crippen molar-refractivity contribution in [2.45, 2.75) is 6.04 Å². The molecule has 8 nitrogen and oxygen atoms in total. The highest BCUT2D eigenvalue weighted by molar-refractivity contribution is 6.52. The first kappa shape index (κ1) is 21.8. The van der Waals surface area contributed by atoms with Crippen molar-refractivity contribution in [1.82, 2.24) is 0 Å². The van der Waals surface area contributed by atoms with Gasteiger partial charge in [0.15, 0.2) is 0 Å². The summed E-state index contributed by atoms with van der Waals surface area (Å²) >= 11 is 0. The first-order valence-electron chi connectivity index (χ1n) is 9.98. The summed E-state index contributed by atoms with van der Waals surface area (Å²) in [6, 6.07) is 15.7. The number of Topliss-reactive ketones (excluding diaryl/α,β-unsaturated/α-hetero) is 1. The molecule has 4 rings (SSSR count). The average molecular weight is 447 g/mol. The number of methoxy groups -OCH3 is 2. The zero-order valence-electron chi connectivity index (χ0n) is 17.9. The molecule has 0 aromatic heterocycles. The molecule has 0 saturated carbocycles. The number of aliphatic hydroxyl groups excluding tert-OH is 1. The van der Waals surface area contributed by atoms with E-state index in [-0.39, 0.29) is 39.8 Å². The molecule has 0 bridgehead atoms. The summed E-state index contributed by atoms with van der Waals surface area (Å²) < 4.78 is 10.7. The predicted octanol–water partition coefficient (Wildman–Crippen LogP) is 3.74. The Labute approximate surface area is 189 Å². The number of hydrogen-bond donors (Lipinski definition) is 3. The normalized spacial score (nSPS) is 17.3.